The van der Waals surface area contributed by atoms with Crippen LogP contribution in [-0.2, 0) is 11.3 Å². The lowest BCUT2D eigenvalue weighted by atomic mass is 9.85. The molecule has 34 heavy (non-hydrogen) atoms. The summed E-state index contributed by atoms with van der Waals surface area (Å²) in [4.78, 5) is 24.8. The number of carbonyl (C=O) groups is 1. The summed E-state index contributed by atoms with van der Waals surface area (Å²) >= 11 is 6.60. The first kappa shape index (κ1) is 22.3. The van der Waals surface area contributed by atoms with Crippen LogP contribution in [0.5, 0.6) is 0 Å². The molecule has 0 fully saturated rings. The van der Waals surface area contributed by atoms with Gasteiger partial charge in [0.25, 0.3) is 5.95 Å². The minimum absolute atomic E-state index is 0.0180. The van der Waals surface area contributed by atoms with Crippen molar-refractivity contribution in [2.45, 2.75) is 46.6 Å². The molecule has 1 aliphatic rings. The molecule has 0 saturated heterocycles. The first-order chi connectivity index (χ1) is 16.3. The van der Waals surface area contributed by atoms with Crippen LogP contribution in [0.3, 0.4) is 0 Å². The van der Waals surface area contributed by atoms with Gasteiger partial charge in [0.2, 0.25) is 5.91 Å². The van der Waals surface area contributed by atoms with Crippen molar-refractivity contribution in [3.05, 3.63) is 99.0 Å². The van der Waals surface area contributed by atoms with Crippen LogP contribution in [0, 0.1) is 27.7 Å². The van der Waals surface area contributed by atoms with Gasteiger partial charge in [-0.25, -0.2) is 9.97 Å². The van der Waals surface area contributed by atoms with E-state index in [0.29, 0.717) is 29.8 Å². The third kappa shape index (κ3) is 3.99. The van der Waals surface area contributed by atoms with E-state index in [2.05, 4.69) is 29.0 Å². The van der Waals surface area contributed by atoms with Crippen molar-refractivity contribution in [3.63, 3.8) is 0 Å². The summed E-state index contributed by atoms with van der Waals surface area (Å²) in [6.07, 6.45) is 0.322. The number of fused-ring (bicyclic) bond motifs is 1. The lowest BCUT2D eigenvalue weighted by molar-refractivity contribution is -0.119. The number of nitrogens with zero attached hydrogens (tertiary/aromatic N) is 5. The Labute approximate surface area is 204 Å². The number of aromatic nitrogens is 4. The Morgan fingerprint density at radius 3 is 2.41 bits per heavy atom. The van der Waals surface area contributed by atoms with Gasteiger partial charge in [-0.1, -0.05) is 59.6 Å². The summed E-state index contributed by atoms with van der Waals surface area (Å²) in [5.41, 5.74) is 6.66. The van der Waals surface area contributed by atoms with E-state index in [1.165, 1.54) is 0 Å². The van der Waals surface area contributed by atoms with Gasteiger partial charge in [0, 0.05) is 34.3 Å². The molecule has 0 radical (unpaired) electrons. The van der Waals surface area contributed by atoms with E-state index in [1.807, 2.05) is 68.1 Å². The van der Waals surface area contributed by atoms with Crippen molar-refractivity contribution >= 4 is 23.3 Å². The zero-order chi connectivity index (χ0) is 24.0. The van der Waals surface area contributed by atoms with E-state index in [1.54, 1.807) is 4.68 Å². The van der Waals surface area contributed by atoms with Crippen LogP contribution in [0.4, 0.5) is 5.82 Å². The molecule has 0 aliphatic carbocycles. The Bertz CT molecular complexity index is 1390. The van der Waals surface area contributed by atoms with Crippen molar-refractivity contribution in [2.75, 3.05) is 4.90 Å². The maximum atomic E-state index is 13.7. The molecular formula is C27H26ClN5O. The van der Waals surface area contributed by atoms with Gasteiger partial charge in [0.1, 0.15) is 5.82 Å². The maximum Gasteiger partial charge on any atom is 0.252 e. The molecule has 0 bridgehead atoms. The number of benzene rings is 2. The molecule has 1 atom stereocenters. The fourth-order valence-corrected chi connectivity index (χ4v) is 5.09. The zero-order valence-corrected chi connectivity index (χ0v) is 20.5. The second-order valence-electron chi connectivity index (χ2n) is 8.93. The van der Waals surface area contributed by atoms with Gasteiger partial charge in [0.05, 0.1) is 12.2 Å². The van der Waals surface area contributed by atoms with Gasteiger partial charge in [-0.05, 0) is 51.0 Å². The van der Waals surface area contributed by atoms with Crippen LogP contribution in [0.25, 0.3) is 5.95 Å². The first-order valence-electron chi connectivity index (χ1n) is 11.3. The topological polar surface area (TPSA) is 63.9 Å². The summed E-state index contributed by atoms with van der Waals surface area (Å²) < 4.78 is 1.72. The van der Waals surface area contributed by atoms with Crippen molar-refractivity contribution in [1.82, 2.24) is 19.7 Å². The summed E-state index contributed by atoms with van der Waals surface area (Å²) in [6.45, 7) is 8.34. The van der Waals surface area contributed by atoms with E-state index >= 15 is 0 Å². The lowest BCUT2D eigenvalue weighted by Crippen LogP contribution is -2.38. The first-order valence-corrected chi connectivity index (χ1v) is 11.7. The molecule has 1 amide bonds. The Hall–Kier alpha value is -3.51. The minimum atomic E-state index is -0.190. The number of aryl methyl sites for hydroxylation is 4. The minimum Gasteiger partial charge on any atom is -0.292 e. The van der Waals surface area contributed by atoms with E-state index in [-0.39, 0.29) is 11.8 Å². The van der Waals surface area contributed by atoms with Crippen molar-refractivity contribution in [1.29, 1.82) is 0 Å². The zero-order valence-electron chi connectivity index (χ0n) is 19.7. The predicted molar refractivity (Wildman–Crippen MR) is 134 cm³/mol. The number of halogens is 1. The van der Waals surface area contributed by atoms with Gasteiger partial charge in [-0.15, -0.1) is 0 Å². The third-order valence-electron chi connectivity index (χ3n) is 6.23. The molecule has 2 aromatic heterocycles. The number of rotatable bonds is 4. The third-order valence-corrected chi connectivity index (χ3v) is 6.57. The van der Waals surface area contributed by atoms with Gasteiger partial charge in [-0.2, -0.15) is 9.78 Å². The van der Waals surface area contributed by atoms with Gasteiger partial charge < -0.3 is 0 Å². The molecule has 0 spiro atoms. The van der Waals surface area contributed by atoms with E-state index < -0.39 is 0 Å². The quantitative estimate of drug-likeness (QED) is 0.387. The summed E-state index contributed by atoms with van der Waals surface area (Å²) in [6, 6.07) is 17.9. The number of hydrogen-bond donors (Lipinski definition) is 0. The molecule has 6 nitrogen and oxygen atoms in total. The molecule has 4 aromatic rings. The van der Waals surface area contributed by atoms with Crippen LogP contribution in [0.1, 0.15) is 51.7 Å². The second kappa shape index (κ2) is 8.69. The average Bonchev–Trinajstić information content (AvgIpc) is 3.13. The van der Waals surface area contributed by atoms with Crippen molar-refractivity contribution in [3.8, 4) is 5.95 Å². The van der Waals surface area contributed by atoms with Gasteiger partial charge in [0.15, 0.2) is 0 Å². The van der Waals surface area contributed by atoms with Gasteiger partial charge in [-0.3, -0.25) is 9.69 Å². The Kier molecular flexibility index (Phi) is 5.70. The van der Waals surface area contributed by atoms with Gasteiger partial charge >= 0.3 is 0 Å². The molecule has 0 N–H and O–H groups in total. The van der Waals surface area contributed by atoms with Crippen molar-refractivity contribution in [2.24, 2.45) is 0 Å². The highest BCUT2D eigenvalue weighted by Crippen LogP contribution is 2.45. The summed E-state index contributed by atoms with van der Waals surface area (Å²) in [5, 5.41) is 5.50. The lowest BCUT2D eigenvalue weighted by Gasteiger charge is -2.33. The van der Waals surface area contributed by atoms with Crippen LogP contribution in [-0.4, -0.2) is 25.7 Å². The maximum absolute atomic E-state index is 13.7. The average molecular weight is 472 g/mol. The number of carbonyl (C=O) groups excluding carboxylic acids is 1. The molecule has 1 aliphatic heterocycles. The van der Waals surface area contributed by atoms with Crippen molar-refractivity contribution < 1.29 is 4.79 Å². The monoisotopic (exact) mass is 471 g/mol. The number of amides is 1. The molecule has 0 saturated carbocycles. The molecule has 172 valence electrons. The fraction of sp³-hybridized carbons (Fsp3) is 0.259. The summed E-state index contributed by atoms with van der Waals surface area (Å²) in [7, 11) is 0. The molecule has 2 aromatic carbocycles. The Balaban J connectivity index is 1.73. The molecule has 3 heterocycles. The number of anilines is 1. The molecule has 5 rings (SSSR count). The van der Waals surface area contributed by atoms with E-state index in [0.717, 1.165) is 39.3 Å². The standard InChI is InChI=1S/C27H26ClN5O/c1-16-8-7-9-20(12-16)15-32-24(34)14-22(21-10-5-6-11-23(21)28)25-19(4)31-33(26(25)32)27-29-17(2)13-18(3)30-27/h5-13,22H,14-15H2,1-4H3/t22-/m1/s1. The molecule has 0 unspecified atom stereocenters. The normalized spacial score (nSPS) is 15.5. The second-order valence-corrected chi connectivity index (χ2v) is 9.34. The smallest absolute Gasteiger partial charge is 0.252 e. The van der Waals surface area contributed by atoms with E-state index in [4.69, 9.17) is 16.7 Å². The highest BCUT2D eigenvalue weighted by molar-refractivity contribution is 6.31. The van der Waals surface area contributed by atoms with E-state index in [9.17, 15) is 4.79 Å². The Morgan fingerprint density at radius 1 is 0.971 bits per heavy atom. The highest BCUT2D eigenvalue weighted by Gasteiger charge is 2.39. The fourth-order valence-electron chi connectivity index (χ4n) is 4.82. The molecular weight excluding hydrogens is 446 g/mol. The predicted octanol–water partition coefficient (Wildman–Crippen LogP) is 5.62. The molecule has 7 heteroatoms. The Morgan fingerprint density at radius 2 is 1.71 bits per heavy atom. The van der Waals surface area contributed by atoms with Crippen LogP contribution in [0.2, 0.25) is 5.02 Å². The SMILES string of the molecule is Cc1cccc(CN2C(=O)C[C@H](c3ccccc3Cl)c3c(C)nn(-c4nc(C)cc(C)n4)c32)c1. The van der Waals surface area contributed by atoms with Crippen LogP contribution in [0.15, 0.2) is 54.6 Å². The number of hydrogen-bond acceptors (Lipinski definition) is 4. The van der Waals surface area contributed by atoms with Crippen LogP contribution >= 0.6 is 11.6 Å². The summed E-state index contributed by atoms with van der Waals surface area (Å²) in [5.74, 6) is 1.00. The van der Waals surface area contributed by atoms with Crippen LogP contribution < -0.4 is 4.90 Å². The largest absolute Gasteiger partial charge is 0.292 e. The highest BCUT2D eigenvalue weighted by atomic mass is 35.5.